The number of hydrogen-bond acceptors (Lipinski definition) is 2. The van der Waals surface area contributed by atoms with E-state index in [9.17, 15) is 0 Å². The van der Waals surface area contributed by atoms with Crippen LogP contribution in [0.4, 0.5) is 0 Å². The number of fused-ring (bicyclic) bond motifs is 1. The zero-order chi connectivity index (χ0) is 13.5. The smallest absolute Gasteiger partial charge is 0.191 e. The van der Waals surface area contributed by atoms with Gasteiger partial charge >= 0.3 is 0 Å². The first kappa shape index (κ1) is 13.2. The van der Waals surface area contributed by atoms with Gasteiger partial charge in [0.2, 0.25) is 0 Å². The molecule has 4 nitrogen and oxygen atoms in total. The normalized spacial score (nSPS) is 38.5. The van der Waals surface area contributed by atoms with Crippen molar-refractivity contribution in [1.82, 2.24) is 4.90 Å². The van der Waals surface area contributed by atoms with Crippen molar-refractivity contribution in [3.63, 3.8) is 0 Å². The average molecular weight is 265 g/mol. The fourth-order valence-electron chi connectivity index (χ4n) is 4.08. The molecule has 2 aliphatic heterocycles. The van der Waals surface area contributed by atoms with Gasteiger partial charge in [-0.05, 0) is 19.3 Å². The number of hydrogen-bond donors (Lipinski definition) is 1. The molecule has 0 aromatic heterocycles. The molecule has 0 aromatic rings. The highest BCUT2D eigenvalue weighted by atomic mass is 16.5. The van der Waals surface area contributed by atoms with Crippen molar-refractivity contribution in [1.29, 1.82) is 0 Å². The molecule has 0 bridgehead atoms. The van der Waals surface area contributed by atoms with Crippen molar-refractivity contribution in [3.05, 3.63) is 0 Å². The molecule has 2 N–H and O–H groups in total. The van der Waals surface area contributed by atoms with Gasteiger partial charge in [0, 0.05) is 31.0 Å². The van der Waals surface area contributed by atoms with Gasteiger partial charge in [-0.3, -0.25) is 0 Å². The minimum absolute atomic E-state index is 0.150. The average Bonchev–Trinajstić information content (AvgIpc) is 2.66. The highest BCUT2D eigenvalue weighted by Crippen LogP contribution is 2.53. The van der Waals surface area contributed by atoms with E-state index in [2.05, 4.69) is 18.7 Å². The summed E-state index contributed by atoms with van der Waals surface area (Å²) in [7, 11) is 0. The van der Waals surface area contributed by atoms with Gasteiger partial charge in [0.25, 0.3) is 0 Å². The minimum atomic E-state index is 0.150. The van der Waals surface area contributed by atoms with Crippen LogP contribution in [0.2, 0.25) is 0 Å². The Balaban J connectivity index is 1.70. The maximum atomic E-state index is 6.27. The fraction of sp³-hybridized carbons (Fsp3) is 0.933. The molecule has 3 aliphatic rings. The molecule has 0 aromatic carbocycles. The van der Waals surface area contributed by atoms with Crippen LogP contribution in [0.5, 0.6) is 0 Å². The second-order valence-corrected chi connectivity index (χ2v) is 6.90. The Kier molecular flexibility index (Phi) is 3.46. The van der Waals surface area contributed by atoms with Crippen LogP contribution < -0.4 is 5.73 Å². The van der Waals surface area contributed by atoms with Gasteiger partial charge in [-0.25, -0.2) is 4.99 Å². The Labute approximate surface area is 116 Å². The van der Waals surface area contributed by atoms with E-state index in [4.69, 9.17) is 15.5 Å². The lowest BCUT2D eigenvalue weighted by molar-refractivity contribution is -0.0988. The lowest BCUT2D eigenvalue weighted by atomic mass is 9.57. The maximum Gasteiger partial charge on any atom is 0.191 e. The largest absolute Gasteiger partial charge is 0.377 e. The monoisotopic (exact) mass is 265 g/mol. The number of likely N-dealkylation sites (tertiary alicyclic amines) is 1. The zero-order valence-corrected chi connectivity index (χ0v) is 12.3. The molecule has 4 heteroatoms. The Bertz CT molecular complexity index is 358. The second kappa shape index (κ2) is 4.97. The third-order valence-electron chi connectivity index (χ3n) is 5.24. The molecule has 19 heavy (non-hydrogen) atoms. The fourth-order valence-corrected chi connectivity index (χ4v) is 4.08. The topological polar surface area (TPSA) is 50.8 Å². The standard InChI is InChI=1S/C15H27N3O/c1-15(2)12(11-7-10-19-13(11)15)17-14(16)18-8-5-3-4-6-9-18/h11-13H,3-10H2,1-2H3,(H2,16,17). The van der Waals surface area contributed by atoms with Crippen LogP contribution in [0.25, 0.3) is 0 Å². The van der Waals surface area contributed by atoms with Gasteiger partial charge in [-0.2, -0.15) is 0 Å². The van der Waals surface area contributed by atoms with Gasteiger partial charge in [0.1, 0.15) is 0 Å². The summed E-state index contributed by atoms with van der Waals surface area (Å²) in [5, 5.41) is 0. The first-order valence-electron chi connectivity index (χ1n) is 7.80. The molecule has 1 saturated carbocycles. The summed E-state index contributed by atoms with van der Waals surface area (Å²) in [5.41, 5.74) is 6.42. The van der Waals surface area contributed by atoms with E-state index in [0.29, 0.717) is 18.1 Å². The van der Waals surface area contributed by atoms with Crippen LogP contribution in [-0.4, -0.2) is 42.7 Å². The summed E-state index contributed by atoms with van der Waals surface area (Å²) in [6.07, 6.45) is 6.71. The van der Waals surface area contributed by atoms with Crippen molar-refractivity contribution < 1.29 is 4.74 Å². The quantitative estimate of drug-likeness (QED) is 0.583. The van der Waals surface area contributed by atoms with Crippen molar-refractivity contribution in [2.24, 2.45) is 22.1 Å². The second-order valence-electron chi connectivity index (χ2n) is 6.90. The van der Waals surface area contributed by atoms with E-state index in [1.807, 2.05) is 0 Å². The summed E-state index contributed by atoms with van der Waals surface area (Å²) in [4.78, 5) is 7.17. The highest BCUT2D eigenvalue weighted by molar-refractivity contribution is 5.78. The van der Waals surface area contributed by atoms with Crippen LogP contribution in [0, 0.1) is 11.3 Å². The van der Waals surface area contributed by atoms with E-state index >= 15 is 0 Å². The molecule has 0 spiro atoms. The van der Waals surface area contributed by atoms with E-state index in [1.54, 1.807) is 0 Å². The van der Waals surface area contributed by atoms with Crippen LogP contribution in [-0.2, 0) is 4.74 Å². The third-order valence-corrected chi connectivity index (χ3v) is 5.24. The Hall–Kier alpha value is -0.770. The SMILES string of the molecule is CC1(C)C(N=C(N)N2CCCCCC2)C2CCOC21. The number of nitrogens with zero attached hydrogens (tertiary/aromatic N) is 2. The molecule has 0 amide bonds. The molecule has 3 unspecified atom stereocenters. The number of nitrogens with two attached hydrogens (primary N) is 1. The molecular weight excluding hydrogens is 238 g/mol. The lowest BCUT2D eigenvalue weighted by Crippen LogP contribution is -2.60. The molecule has 2 saturated heterocycles. The van der Waals surface area contributed by atoms with Crippen molar-refractivity contribution >= 4 is 5.96 Å². The van der Waals surface area contributed by atoms with Gasteiger partial charge in [0.05, 0.1) is 12.1 Å². The molecule has 3 fully saturated rings. The minimum Gasteiger partial charge on any atom is -0.377 e. The van der Waals surface area contributed by atoms with Gasteiger partial charge < -0.3 is 15.4 Å². The number of aliphatic imine (C=N–C) groups is 1. The van der Waals surface area contributed by atoms with Crippen LogP contribution >= 0.6 is 0 Å². The highest BCUT2D eigenvalue weighted by Gasteiger charge is 2.59. The van der Waals surface area contributed by atoms with Crippen molar-refractivity contribution in [2.45, 2.75) is 58.1 Å². The number of ether oxygens (including phenoxy) is 1. The molecule has 3 atom stereocenters. The molecule has 3 rings (SSSR count). The molecular formula is C15H27N3O. The summed E-state index contributed by atoms with van der Waals surface area (Å²) < 4.78 is 5.82. The molecule has 108 valence electrons. The van der Waals surface area contributed by atoms with E-state index < -0.39 is 0 Å². The Morgan fingerprint density at radius 3 is 2.58 bits per heavy atom. The van der Waals surface area contributed by atoms with Crippen molar-refractivity contribution in [2.75, 3.05) is 19.7 Å². The summed E-state index contributed by atoms with van der Waals surface area (Å²) in [6.45, 7) is 7.58. The third kappa shape index (κ3) is 2.24. The first-order chi connectivity index (χ1) is 9.10. The number of guanidine groups is 1. The maximum absolute atomic E-state index is 6.27. The Morgan fingerprint density at radius 2 is 1.89 bits per heavy atom. The molecule has 2 heterocycles. The summed E-state index contributed by atoms with van der Waals surface area (Å²) in [5.74, 6) is 1.37. The van der Waals surface area contributed by atoms with Gasteiger partial charge in [-0.1, -0.05) is 26.7 Å². The zero-order valence-electron chi connectivity index (χ0n) is 12.3. The first-order valence-corrected chi connectivity index (χ1v) is 7.80. The Morgan fingerprint density at radius 1 is 1.21 bits per heavy atom. The summed E-state index contributed by atoms with van der Waals surface area (Å²) in [6, 6.07) is 0.350. The molecule has 0 radical (unpaired) electrons. The van der Waals surface area contributed by atoms with E-state index in [-0.39, 0.29) is 5.41 Å². The van der Waals surface area contributed by atoms with Crippen LogP contribution in [0.1, 0.15) is 46.0 Å². The predicted molar refractivity (Wildman–Crippen MR) is 77.1 cm³/mol. The van der Waals surface area contributed by atoms with E-state index in [0.717, 1.165) is 32.1 Å². The number of rotatable bonds is 1. The van der Waals surface area contributed by atoms with Crippen molar-refractivity contribution in [3.8, 4) is 0 Å². The predicted octanol–water partition coefficient (Wildman–Crippen LogP) is 1.99. The lowest BCUT2D eigenvalue weighted by Gasteiger charge is -2.52. The van der Waals surface area contributed by atoms with Crippen LogP contribution in [0.3, 0.4) is 0 Å². The summed E-state index contributed by atoms with van der Waals surface area (Å²) >= 11 is 0. The molecule has 1 aliphatic carbocycles. The van der Waals surface area contributed by atoms with E-state index in [1.165, 1.54) is 25.7 Å². The van der Waals surface area contributed by atoms with Gasteiger partial charge in [-0.15, -0.1) is 0 Å². The van der Waals surface area contributed by atoms with Gasteiger partial charge in [0.15, 0.2) is 5.96 Å². The van der Waals surface area contributed by atoms with Crippen LogP contribution in [0.15, 0.2) is 4.99 Å².